The average molecular weight is 379 g/mol. The molecule has 0 aromatic heterocycles. The van der Waals surface area contributed by atoms with Gasteiger partial charge in [0.15, 0.2) is 0 Å². The number of hydrogen-bond donors (Lipinski definition) is 3. The van der Waals surface area contributed by atoms with Gasteiger partial charge < -0.3 is 20.1 Å². The maximum absolute atomic E-state index is 10.5. The summed E-state index contributed by atoms with van der Waals surface area (Å²) in [6, 6.07) is 0. The lowest BCUT2D eigenvalue weighted by Gasteiger charge is -2.52. The molecule has 0 spiro atoms. The van der Waals surface area contributed by atoms with E-state index in [1.54, 1.807) is 0 Å². The molecule has 4 nitrogen and oxygen atoms in total. The predicted molar refractivity (Wildman–Crippen MR) is 103 cm³/mol. The third-order valence-electron chi connectivity index (χ3n) is 10.5. The lowest BCUT2D eigenvalue weighted by molar-refractivity contribution is -0.0714. The molecule has 1 saturated heterocycles. The minimum Gasteiger partial charge on any atom is -0.394 e. The molecule has 1 aliphatic heterocycles. The molecule has 0 aromatic rings. The van der Waals surface area contributed by atoms with Crippen LogP contribution in [0.4, 0.5) is 0 Å². The van der Waals surface area contributed by atoms with Gasteiger partial charge in [0.05, 0.1) is 31.5 Å². The Kier molecular flexibility index (Phi) is 4.30. The first-order chi connectivity index (χ1) is 12.8. The summed E-state index contributed by atoms with van der Waals surface area (Å²) < 4.78 is 6.47. The van der Waals surface area contributed by atoms with Crippen molar-refractivity contribution < 1.29 is 20.1 Å². The van der Waals surface area contributed by atoms with E-state index in [4.69, 9.17) is 4.74 Å². The molecule has 4 aliphatic carbocycles. The molecule has 27 heavy (non-hydrogen) atoms. The zero-order valence-corrected chi connectivity index (χ0v) is 17.1. The van der Waals surface area contributed by atoms with Crippen LogP contribution in [0.1, 0.15) is 71.6 Å². The first kappa shape index (κ1) is 18.8. The molecule has 0 aromatic carbocycles. The second kappa shape index (κ2) is 6.17. The van der Waals surface area contributed by atoms with Gasteiger partial charge in [-0.3, -0.25) is 0 Å². The molecule has 154 valence electrons. The van der Waals surface area contributed by atoms with Crippen molar-refractivity contribution in [1.29, 1.82) is 0 Å². The van der Waals surface area contributed by atoms with Crippen LogP contribution in [0.2, 0.25) is 0 Å². The molecular formula is C23H38O4. The topological polar surface area (TPSA) is 69.9 Å². The van der Waals surface area contributed by atoms with E-state index in [2.05, 4.69) is 13.8 Å². The van der Waals surface area contributed by atoms with E-state index in [1.165, 1.54) is 25.7 Å². The van der Waals surface area contributed by atoms with Crippen molar-refractivity contribution in [3.63, 3.8) is 0 Å². The number of ether oxygens (including phenoxy) is 1. The molecule has 9 unspecified atom stereocenters. The van der Waals surface area contributed by atoms with E-state index < -0.39 is 6.10 Å². The van der Waals surface area contributed by atoms with Gasteiger partial charge in [0.1, 0.15) is 0 Å². The first-order valence-corrected chi connectivity index (χ1v) is 11.4. The standard InChI is InChI=1S/C23H38O4/c1-21-7-5-14-10-23-8-6-15(25)11-22(23,2)20(27-13-23)9-16(14)17(21)3-4-18(21)19(26)12-24/h14-20,24-26H,3-13H2,1-2H3/t14?,15?,16?,17?,18?,19?,20?,21?,22-,23?/m1/s1. The van der Waals surface area contributed by atoms with Crippen molar-refractivity contribution in [3.8, 4) is 0 Å². The molecule has 5 rings (SSSR count). The SMILES string of the molecule is CC12CCC3CC45CCC(O)C[C@]4(C)C(CC3C1CCC2C(O)CO)OC5. The third kappa shape index (κ3) is 2.42. The summed E-state index contributed by atoms with van der Waals surface area (Å²) in [7, 11) is 0. The molecule has 0 radical (unpaired) electrons. The van der Waals surface area contributed by atoms with E-state index >= 15 is 0 Å². The summed E-state index contributed by atoms with van der Waals surface area (Å²) in [6.07, 6.45) is 9.65. The molecular weight excluding hydrogens is 340 g/mol. The number of aliphatic hydroxyl groups is 3. The molecule has 5 fully saturated rings. The van der Waals surface area contributed by atoms with E-state index in [0.717, 1.165) is 44.6 Å². The quantitative estimate of drug-likeness (QED) is 0.690. The zero-order valence-electron chi connectivity index (χ0n) is 17.1. The number of rotatable bonds is 2. The van der Waals surface area contributed by atoms with Gasteiger partial charge in [0.2, 0.25) is 0 Å². The Hall–Kier alpha value is -0.160. The van der Waals surface area contributed by atoms with E-state index in [0.29, 0.717) is 11.8 Å². The number of fused-ring (bicyclic) bond motifs is 3. The lowest BCUT2D eigenvalue weighted by atomic mass is 9.53. The minimum atomic E-state index is -0.566. The van der Waals surface area contributed by atoms with Gasteiger partial charge in [-0.25, -0.2) is 0 Å². The van der Waals surface area contributed by atoms with Crippen molar-refractivity contribution in [2.75, 3.05) is 13.2 Å². The summed E-state index contributed by atoms with van der Waals surface area (Å²) in [6.45, 7) is 5.60. The van der Waals surface area contributed by atoms with Crippen molar-refractivity contribution in [1.82, 2.24) is 0 Å². The van der Waals surface area contributed by atoms with Crippen molar-refractivity contribution in [2.45, 2.75) is 89.9 Å². The van der Waals surface area contributed by atoms with E-state index in [-0.39, 0.29) is 41.0 Å². The fraction of sp³-hybridized carbons (Fsp3) is 1.00. The zero-order chi connectivity index (χ0) is 19.0. The maximum Gasteiger partial charge on any atom is 0.0804 e. The molecule has 3 N–H and O–H groups in total. The fourth-order valence-electron chi connectivity index (χ4n) is 8.94. The summed E-state index contributed by atoms with van der Waals surface area (Å²) in [5, 5.41) is 30.5. The number of aliphatic hydroxyl groups excluding tert-OH is 3. The van der Waals surface area contributed by atoms with Gasteiger partial charge in [-0.15, -0.1) is 0 Å². The van der Waals surface area contributed by atoms with Gasteiger partial charge in [0, 0.05) is 10.8 Å². The normalized spacial score (nSPS) is 58.1. The molecule has 4 heteroatoms. The Bertz CT molecular complexity index is 595. The van der Waals surface area contributed by atoms with Crippen LogP contribution in [-0.4, -0.2) is 46.8 Å². The summed E-state index contributed by atoms with van der Waals surface area (Å²) in [5.74, 6) is 2.35. The highest BCUT2D eigenvalue weighted by Crippen LogP contribution is 2.69. The molecule has 10 atom stereocenters. The average Bonchev–Trinajstić information content (AvgIpc) is 3.07. The van der Waals surface area contributed by atoms with E-state index in [1.807, 2.05) is 0 Å². The van der Waals surface area contributed by atoms with Gasteiger partial charge >= 0.3 is 0 Å². The van der Waals surface area contributed by atoms with Crippen LogP contribution in [0.5, 0.6) is 0 Å². The van der Waals surface area contributed by atoms with Crippen molar-refractivity contribution in [2.24, 2.45) is 39.9 Å². The van der Waals surface area contributed by atoms with Gasteiger partial charge in [-0.2, -0.15) is 0 Å². The lowest BCUT2D eigenvalue weighted by Crippen LogP contribution is -2.48. The van der Waals surface area contributed by atoms with Crippen LogP contribution >= 0.6 is 0 Å². The summed E-state index contributed by atoms with van der Waals surface area (Å²) >= 11 is 0. The molecule has 0 amide bonds. The second-order valence-electron chi connectivity index (χ2n) is 11.3. The van der Waals surface area contributed by atoms with Crippen molar-refractivity contribution >= 4 is 0 Å². The molecule has 4 saturated carbocycles. The largest absolute Gasteiger partial charge is 0.394 e. The predicted octanol–water partition coefficient (Wildman–Crippen LogP) is 3.13. The Morgan fingerprint density at radius 3 is 2.67 bits per heavy atom. The van der Waals surface area contributed by atoms with Gasteiger partial charge in [0.25, 0.3) is 0 Å². The van der Waals surface area contributed by atoms with Crippen LogP contribution in [0.25, 0.3) is 0 Å². The van der Waals surface area contributed by atoms with Crippen molar-refractivity contribution in [3.05, 3.63) is 0 Å². The highest BCUT2D eigenvalue weighted by Gasteiger charge is 2.66. The molecule has 2 bridgehead atoms. The highest BCUT2D eigenvalue weighted by atomic mass is 16.5. The Labute approximate surface area is 163 Å². The van der Waals surface area contributed by atoms with Crippen LogP contribution < -0.4 is 0 Å². The van der Waals surface area contributed by atoms with Crippen LogP contribution in [0.15, 0.2) is 0 Å². The Balaban J connectivity index is 1.46. The Morgan fingerprint density at radius 1 is 1.07 bits per heavy atom. The van der Waals surface area contributed by atoms with Gasteiger partial charge in [-0.1, -0.05) is 13.8 Å². The van der Waals surface area contributed by atoms with Crippen LogP contribution in [0, 0.1) is 39.9 Å². The number of hydrogen-bond acceptors (Lipinski definition) is 4. The van der Waals surface area contributed by atoms with Crippen LogP contribution in [-0.2, 0) is 4.74 Å². The minimum absolute atomic E-state index is 0.105. The van der Waals surface area contributed by atoms with Gasteiger partial charge in [-0.05, 0) is 86.9 Å². The fourth-order valence-corrected chi connectivity index (χ4v) is 8.94. The maximum atomic E-state index is 10.5. The first-order valence-electron chi connectivity index (χ1n) is 11.4. The smallest absolute Gasteiger partial charge is 0.0804 e. The summed E-state index contributed by atoms with van der Waals surface area (Å²) in [4.78, 5) is 0. The highest BCUT2D eigenvalue weighted by molar-refractivity contribution is 5.14. The Morgan fingerprint density at radius 2 is 1.89 bits per heavy atom. The summed E-state index contributed by atoms with van der Waals surface area (Å²) in [5.41, 5.74) is 0.559. The monoisotopic (exact) mass is 378 g/mol. The third-order valence-corrected chi connectivity index (χ3v) is 10.5. The molecule has 1 heterocycles. The van der Waals surface area contributed by atoms with E-state index in [9.17, 15) is 15.3 Å². The second-order valence-corrected chi connectivity index (χ2v) is 11.3. The molecule has 5 aliphatic rings. The van der Waals surface area contributed by atoms with Crippen LogP contribution in [0.3, 0.4) is 0 Å².